The first kappa shape index (κ1) is 25.0. The van der Waals surface area contributed by atoms with Crippen molar-refractivity contribution >= 4 is 39.0 Å². The quantitative estimate of drug-likeness (QED) is 0.607. The molecule has 2 amide bonds. The molecule has 8 nitrogen and oxygen atoms in total. The molecule has 10 heteroatoms. The van der Waals surface area contributed by atoms with E-state index in [2.05, 4.69) is 10.0 Å². The van der Waals surface area contributed by atoms with Crippen molar-refractivity contribution in [1.82, 2.24) is 10.2 Å². The number of anilines is 1. The van der Waals surface area contributed by atoms with Crippen molar-refractivity contribution in [3.8, 4) is 0 Å². The highest BCUT2D eigenvalue weighted by Gasteiger charge is 2.27. The Bertz CT molecular complexity index is 1040. The van der Waals surface area contributed by atoms with E-state index >= 15 is 0 Å². The summed E-state index contributed by atoms with van der Waals surface area (Å²) in [5.74, 6) is -0.0161. The summed E-state index contributed by atoms with van der Waals surface area (Å²) in [6.45, 7) is 6.42. The number of sulfonamides is 1. The molecule has 0 spiro atoms. The Kier molecular flexibility index (Phi) is 8.01. The molecule has 0 bridgehead atoms. The maximum absolute atomic E-state index is 13.0. The van der Waals surface area contributed by atoms with E-state index in [4.69, 9.17) is 4.74 Å². The molecule has 0 radical (unpaired) electrons. The Hall–Kier alpha value is -2.59. The van der Waals surface area contributed by atoms with Crippen molar-refractivity contribution in [2.45, 2.75) is 62.3 Å². The zero-order chi connectivity index (χ0) is 24.1. The lowest BCUT2D eigenvalue weighted by Gasteiger charge is -2.36. The summed E-state index contributed by atoms with van der Waals surface area (Å²) in [7, 11) is -3.61. The second-order valence-corrected chi connectivity index (χ2v) is 11.9. The highest BCUT2D eigenvalue weighted by Crippen LogP contribution is 2.22. The van der Waals surface area contributed by atoms with Gasteiger partial charge in [-0.05, 0) is 69.2 Å². The van der Waals surface area contributed by atoms with E-state index in [0.717, 1.165) is 36.2 Å². The second kappa shape index (κ2) is 10.6. The Morgan fingerprint density at radius 3 is 2.52 bits per heavy atom. The lowest BCUT2D eigenvalue weighted by Crippen LogP contribution is -2.50. The van der Waals surface area contributed by atoms with Gasteiger partial charge < -0.3 is 15.0 Å². The molecule has 0 aliphatic carbocycles. The van der Waals surface area contributed by atoms with Gasteiger partial charge in [0.2, 0.25) is 5.91 Å². The van der Waals surface area contributed by atoms with Crippen LogP contribution in [-0.4, -0.2) is 50.1 Å². The first-order valence-electron chi connectivity index (χ1n) is 10.9. The Balaban J connectivity index is 1.57. The monoisotopic (exact) mass is 493 g/mol. The predicted molar refractivity (Wildman–Crippen MR) is 129 cm³/mol. The van der Waals surface area contributed by atoms with Crippen LogP contribution in [0.15, 0.2) is 46.0 Å². The lowest BCUT2D eigenvalue weighted by molar-refractivity contribution is -0.134. The molecule has 1 fully saturated rings. The van der Waals surface area contributed by atoms with E-state index in [1.807, 2.05) is 4.90 Å². The van der Waals surface area contributed by atoms with Crippen LogP contribution in [0.2, 0.25) is 0 Å². The van der Waals surface area contributed by atoms with Crippen molar-refractivity contribution < 1.29 is 22.7 Å². The molecule has 2 N–H and O–H groups in total. The largest absolute Gasteiger partial charge is 0.444 e. The predicted octanol–water partition coefficient (Wildman–Crippen LogP) is 4.00. The number of likely N-dealkylation sites (tertiary alicyclic amines) is 1. The van der Waals surface area contributed by atoms with Gasteiger partial charge in [0.05, 0.1) is 6.42 Å². The van der Waals surface area contributed by atoms with Gasteiger partial charge >= 0.3 is 6.09 Å². The number of rotatable bonds is 7. The molecule has 180 valence electrons. The molecule has 1 aliphatic rings. The number of nitrogens with zero attached hydrogens (tertiary/aromatic N) is 1. The highest BCUT2D eigenvalue weighted by atomic mass is 32.2. The van der Waals surface area contributed by atoms with Gasteiger partial charge in [0, 0.05) is 24.8 Å². The van der Waals surface area contributed by atoms with Gasteiger partial charge in [-0.15, -0.1) is 11.3 Å². The number of ether oxygens (including phenoxy) is 1. The van der Waals surface area contributed by atoms with Crippen LogP contribution in [0.1, 0.15) is 45.6 Å². The van der Waals surface area contributed by atoms with Crippen LogP contribution in [0.4, 0.5) is 10.5 Å². The standard InChI is InChI=1S/C23H31N3O5S2/c1-23(2,3)31-22(28)24-16-19-7-4-5-13-26(19)20(27)15-17-9-11-18(12-10-17)25-33(29,30)21-8-6-14-32-21/h6,8-12,14,19,25H,4-5,7,13,15-16H2,1-3H3,(H,24,28). The zero-order valence-corrected chi connectivity index (χ0v) is 20.8. The summed E-state index contributed by atoms with van der Waals surface area (Å²) in [4.78, 5) is 26.8. The van der Waals surface area contributed by atoms with Crippen LogP contribution in [0.5, 0.6) is 0 Å². The maximum atomic E-state index is 13.0. The zero-order valence-electron chi connectivity index (χ0n) is 19.2. The van der Waals surface area contributed by atoms with Gasteiger partial charge in [-0.1, -0.05) is 18.2 Å². The number of thiophene rings is 1. The third-order valence-corrected chi connectivity index (χ3v) is 7.93. The third kappa shape index (κ3) is 7.46. The summed E-state index contributed by atoms with van der Waals surface area (Å²) >= 11 is 1.15. The van der Waals surface area contributed by atoms with Crippen molar-refractivity contribution in [3.63, 3.8) is 0 Å². The number of nitrogens with one attached hydrogen (secondary N) is 2. The second-order valence-electron chi connectivity index (χ2n) is 9.03. The van der Waals surface area contributed by atoms with E-state index < -0.39 is 21.7 Å². The van der Waals surface area contributed by atoms with Crippen molar-refractivity contribution in [3.05, 3.63) is 47.3 Å². The van der Waals surface area contributed by atoms with Gasteiger partial charge in [-0.25, -0.2) is 13.2 Å². The maximum Gasteiger partial charge on any atom is 0.407 e. The summed E-state index contributed by atoms with van der Waals surface area (Å²) in [6.07, 6.45) is 2.48. The molecular weight excluding hydrogens is 462 g/mol. The molecule has 2 heterocycles. The first-order valence-corrected chi connectivity index (χ1v) is 13.3. The van der Waals surface area contributed by atoms with E-state index in [0.29, 0.717) is 18.8 Å². The van der Waals surface area contributed by atoms with E-state index in [-0.39, 0.29) is 22.6 Å². The first-order chi connectivity index (χ1) is 15.5. The molecule has 1 aromatic carbocycles. The Morgan fingerprint density at radius 1 is 1.15 bits per heavy atom. The fourth-order valence-electron chi connectivity index (χ4n) is 3.65. The molecular formula is C23H31N3O5S2. The SMILES string of the molecule is CC(C)(C)OC(=O)NCC1CCCCN1C(=O)Cc1ccc(NS(=O)(=O)c2cccs2)cc1. The molecule has 1 atom stereocenters. The summed E-state index contributed by atoms with van der Waals surface area (Å²) < 4.78 is 32.8. The van der Waals surface area contributed by atoms with Gasteiger partial charge in [0.15, 0.2) is 0 Å². The number of alkyl carbamates (subject to hydrolysis) is 1. The number of carbonyl (C=O) groups is 2. The Labute approximate surface area is 199 Å². The third-order valence-electron chi connectivity index (χ3n) is 5.15. The van der Waals surface area contributed by atoms with Gasteiger partial charge in [-0.2, -0.15) is 0 Å². The minimum Gasteiger partial charge on any atom is -0.444 e. The summed E-state index contributed by atoms with van der Waals surface area (Å²) in [5, 5.41) is 4.49. The molecule has 2 aromatic rings. The molecule has 1 aromatic heterocycles. The van der Waals surface area contributed by atoms with Gasteiger partial charge in [0.1, 0.15) is 9.81 Å². The van der Waals surface area contributed by atoms with Crippen molar-refractivity contribution in [1.29, 1.82) is 0 Å². The fourth-order valence-corrected chi connectivity index (χ4v) is 5.70. The van der Waals surface area contributed by atoms with E-state index in [1.165, 1.54) is 0 Å². The van der Waals surface area contributed by atoms with E-state index in [9.17, 15) is 18.0 Å². The number of hydrogen-bond donors (Lipinski definition) is 2. The number of benzene rings is 1. The molecule has 0 saturated carbocycles. The van der Waals surface area contributed by atoms with E-state index in [1.54, 1.807) is 62.5 Å². The number of carbonyl (C=O) groups excluding carboxylic acids is 2. The van der Waals surface area contributed by atoms with Crippen LogP contribution in [-0.2, 0) is 26.0 Å². The minimum absolute atomic E-state index is 0.0161. The summed E-state index contributed by atoms with van der Waals surface area (Å²) in [5.41, 5.74) is 0.663. The number of piperidine rings is 1. The molecule has 33 heavy (non-hydrogen) atoms. The van der Waals surface area contributed by atoms with Crippen molar-refractivity contribution in [2.75, 3.05) is 17.8 Å². The summed E-state index contributed by atoms with van der Waals surface area (Å²) in [6, 6.07) is 9.98. The van der Waals surface area contributed by atoms with Gasteiger partial charge in [0.25, 0.3) is 10.0 Å². The van der Waals surface area contributed by atoms with Gasteiger partial charge in [-0.3, -0.25) is 9.52 Å². The Morgan fingerprint density at radius 2 is 1.88 bits per heavy atom. The molecule has 1 saturated heterocycles. The highest BCUT2D eigenvalue weighted by molar-refractivity contribution is 7.94. The number of amides is 2. The number of hydrogen-bond acceptors (Lipinski definition) is 6. The van der Waals surface area contributed by atoms with Crippen LogP contribution in [0, 0.1) is 0 Å². The topological polar surface area (TPSA) is 105 Å². The lowest BCUT2D eigenvalue weighted by atomic mass is 10.0. The van der Waals surface area contributed by atoms with Crippen LogP contribution in [0.25, 0.3) is 0 Å². The average molecular weight is 494 g/mol. The smallest absolute Gasteiger partial charge is 0.407 e. The van der Waals surface area contributed by atoms with Crippen molar-refractivity contribution in [2.24, 2.45) is 0 Å². The van der Waals surface area contributed by atoms with Crippen LogP contribution >= 0.6 is 11.3 Å². The van der Waals surface area contributed by atoms with Crippen LogP contribution in [0.3, 0.4) is 0 Å². The minimum atomic E-state index is -3.61. The normalized spacial score (nSPS) is 16.8. The fraction of sp³-hybridized carbons (Fsp3) is 0.478. The average Bonchev–Trinajstić information content (AvgIpc) is 3.28. The molecule has 3 rings (SSSR count). The molecule has 1 aliphatic heterocycles. The molecule has 1 unspecified atom stereocenters. The van der Waals surface area contributed by atoms with Crippen LogP contribution < -0.4 is 10.0 Å².